The fourth-order valence-corrected chi connectivity index (χ4v) is 1.36. The normalized spacial score (nSPS) is 18.2. The largest absolute Gasteiger partial charge is 0.466 e. The molecule has 0 aromatic carbocycles. The van der Waals surface area contributed by atoms with Crippen LogP contribution in [0.1, 0.15) is 19.3 Å². The molecule has 12 heavy (non-hydrogen) atoms. The van der Waals surface area contributed by atoms with Crippen LogP contribution in [0.25, 0.3) is 0 Å². The van der Waals surface area contributed by atoms with Gasteiger partial charge in [-0.25, -0.2) is 4.79 Å². The van der Waals surface area contributed by atoms with Gasteiger partial charge in [0.1, 0.15) is 0 Å². The summed E-state index contributed by atoms with van der Waals surface area (Å²) in [6.07, 6.45) is 4.95. The molecule has 0 aromatic rings. The van der Waals surface area contributed by atoms with Crippen LogP contribution in [-0.4, -0.2) is 31.6 Å². The van der Waals surface area contributed by atoms with Crippen LogP contribution in [-0.2, 0) is 9.53 Å². The van der Waals surface area contributed by atoms with E-state index in [9.17, 15) is 4.79 Å². The zero-order valence-electron chi connectivity index (χ0n) is 7.67. The lowest BCUT2D eigenvalue weighted by Crippen LogP contribution is -2.12. The highest BCUT2D eigenvalue weighted by Gasteiger charge is 2.12. The molecule has 0 aliphatic carbocycles. The van der Waals surface area contributed by atoms with E-state index in [2.05, 4.69) is 4.74 Å². The standard InChI is InChI=1S/C9H15NO2/c1-10-6-4-3-5-8(7-10)9(11)12-2/h7H,3-6H2,1-2H3. The molecule has 1 aliphatic rings. The fourth-order valence-electron chi connectivity index (χ4n) is 1.36. The van der Waals surface area contributed by atoms with E-state index in [1.807, 2.05) is 18.1 Å². The molecule has 1 aliphatic heterocycles. The molecule has 0 N–H and O–H groups in total. The SMILES string of the molecule is COC(=O)C1=CN(C)CCCC1. The summed E-state index contributed by atoms with van der Waals surface area (Å²) in [5.74, 6) is -0.191. The van der Waals surface area contributed by atoms with E-state index in [1.54, 1.807) is 0 Å². The molecule has 0 amide bonds. The molecule has 0 fully saturated rings. The predicted molar refractivity (Wildman–Crippen MR) is 46.6 cm³/mol. The first kappa shape index (κ1) is 9.10. The molecule has 0 aromatic heterocycles. The molecular weight excluding hydrogens is 154 g/mol. The molecule has 0 bridgehead atoms. The van der Waals surface area contributed by atoms with Crippen molar-refractivity contribution in [2.45, 2.75) is 19.3 Å². The molecule has 0 spiro atoms. The molecule has 0 saturated carbocycles. The van der Waals surface area contributed by atoms with Crippen LogP contribution in [0.2, 0.25) is 0 Å². The topological polar surface area (TPSA) is 29.5 Å². The van der Waals surface area contributed by atoms with E-state index in [0.29, 0.717) is 0 Å². The number of rotatable bonds is 1. The van der Waals surface area contributed by atoms with Crippen molar-refractivity contribution in [1.82, 2.24) is 4.90 Å². The van der Waals surface area contributed by atoms with Crippen molar-refractivity contribution in [3.8, 4) is 0 Å². The summed E-state index contributed by atoms with van der Waals surface area (Å²) in [7, 11) is 3.41. The molecule has 0 saturated heterocycles. The number of ether oxygens (including phenoxy) is 1. The smallest absolute Gasteiger partial charge is 0.335 e. The highest BCUT2D eigenvalue weighted by atomic mass is 16.5. The van der Waals surface area contributed by atoms with Gasteiger partial charge < -0.3 is 9.64 Å². The highest BCUT2D eigenvalue weighted by Crippen LogP contribution is 2.14. The van der Waals surface area contributed by atoms with E-state index >= 15 is 0 Å². The van der Waals surface area contributed by atoms with Crippen molar-refractivity contribution >= 4 is 5.97 Å². The highest BCUT2D eigenvalue weighted by molar-refractivity contribution is 5.88. The maximum Gasteiger partial charge on any atom is 0.335 e. The quantitative estimate of drug-likeness (QED) is 0.552. The third kappa shape index (κ3) is 2.26. The van der Waals surface area contributed by atoms with Gasteiger partial charge in [-0.3, -0.25) is 0 Å². The van der Waals surface area contributed by atoms with Crippen molar-refractivity contribution in [2.24, 2.45) is 0 Å². The molecule has 3 heteroatoms. The van der Waals surface area contributed by atoms with Crippen LogP contribution in [0.15, 0.2) is 11.8 Å². The van der Waals surface area contributed by atoms with Gasteiger partial charge in [-0.1, -0.05) is 0 Å². The predicted octanol–water partition coefficient (Wildman–Crippen LogP) is 1.16. The third-order valence-electron chi connectivity index (χ3n) is 2.03. The van der Waals surface area contributed by atoms with Gasteiger partial charge in [0.15, 0.2) is 0 Å². The number of hydrogen-bond acceptors (Lipinski definition) is 3. The fraction of sp³-hybridized carbons (Fsp3) is 0.667. The second kappa shape index (κ2) is 4.14. The number of methoxy groups -OCH3 is 1. The molecule has 0 unspecified atom stereocenters. The summed E-state index contributed by atoms with van der Waals surface area (Å²) < 4.78 is 4.66. The number of carbonyl (C=O) groups excluding carboxylic acids is 1. The summed E-state index contributed by atoms with van der Waals surface area (Å²) in [5.41, 5.74) is 0.789. The van der Waals surface area contributed by atoms with Crippen molar-refractivity contribution in [2.75, 3.05) is 20.7 Å². The summed E-state index contributed by atoms with van der Waals surface area (Å²) >= 11 is 0. The lowest BCUT2D eigenvalue weighted by Gasteiger charge is -2.10. The van der Waals surface area contributed by atoms with E-state index in [1.165, 1.54) is 7.11 Å². The Morgan fingerprint density at radius 1 is 1.58 bits per heavy atom. The Hall–Kier alpha value is -0.990. The van der Waals surface area contributed by atoms with Gasteiger partial charge in [0.25, 0.3) is 0 Å². The first-order chi connectivity index (χ1) is 5.74. The summed E-state index contributed by atoms with van der Waals surface area (Å²) in [4.78, 5) is 13.2. The van der Waals surface area contributed by atoms with Gasteiger partial charge >= 0.3 is 5.97 Å². The molecule has 0 radical (unpaired) electrons. The van der Waals surface area contributed by atoms with Gasteiger partial charge in [-0.05, 0) is 19.3 Å². The summed E-state index contributed by atoms with van der Waals surface area (Å²) in [5, 5.41) is 0. The van der Waals surface area contributed by atoms with E-state index in [-0.39, 0.29) is 5.97 Å². The zero-order valence-corrected chi connectivity index (χ0v) is 7.67. The van der Waals surface area contributed by atoms with Crippen LogP contribution in [0.5, 0.6) is 0 Å². The molecular formula is C9H15NO2. The van der Waals surface area contributed by atoms with Crippen LogP contribution >= 0.6 is 0 Å². The first-order valence-electron chi connectivity index (χ1n) is 4.23. The second-order valence-corrected chi connectivity index (χ2v) is 3.08. The van der Waals surface area contributed by atoms with Crippen LogP contribution in [0, 0.1) is 0 Å². The number of carbonyl (C=O) groups is 1. The average molecular weight is 169 g/mol. The monoisotopic (exact) mass is 169 g/mol. The number of hydrogen-bond donors (Lipinski definition) is 0. The third-order valence-corrected chi connectivity index (χ3v) is 2.03. The minimum absolute atomic E-state index is 0.191. The lowest BCUT2D eigenvalue weighted by atomic mass is 10.1. The van der Waals surface area contributed by atoms with Crippen molar-refractivity contribution in [3.63, 3.8) is 0 Å². The van der Waals surface area contributed by atoms with Gasteiger partial charge in [0.2, 0.25) is 0 Å². The molecule has 1 rings (SSSR count). The Bertz CT molecular complexity index is 199. The van der Waals surface area contributed by atoms with E-state index < -0.39 is 0 Å². The van der Waals surface area contributed by atoms with Crippen LogP contribution in [0.3, 0.4) is 0 Å². The maximum absolute atomic E-state index is 11.1. The Balaban J connectivity index is 2.65. The molecule has 68 valence electrons. The van der Waals surface area contributed by atoms with E-state index in [0.717, 1.165) is 31.4 Å². The lowest BCUT2D eigenvalue weighted by molar-refractivity contribution is -0.136. The van der Waals surface area contributed by atoms with Crippen molar-refractivity contribution in [3.05, 3.63) is 11.8 Å². The second-order valence-electron chi connectivity index (χ2n) is 3.08. The van der Waals surface area contributed by atoms with Gasteiger partial charge in [-0.2, -0.15) is 0 Å². The number of esters is 1. The molecule has 1 heterocycles. The molecule has 0 atom stereocenters. The molecule has 3 nitrogen and oxygen atoms in total. The number of nitrogens with zero attached hydrogens (tertiary/aromatic N) is 1. The van der Waals surface area contributed by atoms with Gasteiger partial charge in [0.05, 0.1) is 12.7 Å². The summed E-state index contributed by atoms with van der Waals surface area (Å²) in [6, 6.07) is 0. The van der Waals surface area contributed by atoms with Gasteiger partial charge in [-0.15, -0.1) is 0 Å². The summed E-state index contributed by atoms with van der Waals surface area (Å²) in [6.45, 7) is 1.03. The first-order valence-corrected chi connectivity index (χ1v) is 4.23. The maximum atomic E-state index is 11.1. The Morgan fingerprint density at radius 2 is 2.33 bits per heavy atom. The minimum atomic E-state index is -0.191. The Labute approximate surface area is 73.0 Å². The Morgan fingerprint density at radius 3 is 3.00 bits per heavy atom. The van der Waals surface area contributed by atoms with Crippen LogP contribution in [0.4, 0.5) is 0 Å². The van der Waals surface area contributed by atoms with Crippen molar-refractivity contribution < 1.29 is 9.53 Å². The minimum Gasteiger partial charge on any atom is -0.466 e. The van der Waals surface area contributed by atoms with Gasteiger partial charge in [0, 0.05) is 19.8 Å². The zero-order chi connectivity index (χ0) is 8.97. The van der Waals surface area contributed by atoms with Crippen LogP contribution < -0.4 is 0 Å². The Kier molecular flexibility index (Phi) is 3.14. The average Bonchev–Trinajstić information content (AvgIpc) is 2.28. The van der Waals surface area contributed by atoms with E-state index in [4.69, 9.17) is 0 Å². The van der Waals surface area contributed by atoms with Crippen molar-refractivity contribution in [1.29, 1.82) is 0 Å².